The zero-order valence-corrected chi connectivity index (χ0v) is 12.4. The third kappa shape index (κ3) is 2.00. The first kappa shape index (κ1) is 14.1. The number of primary amides is 1. The van der Waals surface area contributed by atoms with Gasteiger partial charge in [0.2, 0.25) is 5.91 Å². The summed E-state index contributed by atoms with van der Waals surface area (Å²) in [6, 6.07) is 11.2. The van der Waals surface area contributed by atoms with Crippen molar-refractivity contribution in [3.63, 3.8) is 0 Å². The number of carbonyl (C=O) groups is 1. The molecule has 3 rings (SSSR count). The molecule has 0 unspecified atom stereocenters. The van der Waals surface area contributed by atoms with Crippen LogP contribution in [-0.2, 0) is 10.2 Å². The Kier molecular flexibility index (Phi) is 3.09. The van der Waals surface area contributed by atoms with Crippen LogP contribution in [0.1, 0.15) is 19.4 Å². The van der Waals surface area contributed by atoms with Gasteiger partial charge in [-0.05, 0) is 26.0 Å². The standard InChI is InChI=1S/C16H16N4O2/c1-16(2,15(17)22)12-10-18-13-8-9-19(20(13)14(12)21)11-6-4-3-5-7-11/h3-10H,1-2H3,(H2,17,22). The molecule has 2 heterocycles. The Labute approximate surface area is 126 Å². The van der Waals surface area contributed by atoms with Gasteiger partial charge in [0.1, 0.15) is 0 Å². The van der Waals surface area contributed by atoms with Gasteiger partial charge in [-0.1, -0.05) is 18.2 Å². The van der Waals surface area contributed by atoms with E-state index in [9.17, 15) is 9.59 Å². The third-order valence-corrected chi connectivity index (χ3v) is 3.86. The number of fused-ring (bicyclic) bond motifs is 1. The van der Waals surface area contributed by atoms with Crippen LogP contribution in [0.5, 0.6) is 0 Å². The molecular formula is C16H16N4O2. The number of nitrogens with zero attached hydrogens (tertiary/aromatic N) is 3. The highest BCUT2D eigenvalue weighted by Crippen LogP contribution is 2.19. The molecule has 6 heteroatoms. The second-order valence-electron chi connectivity index (χ2n) is 5.63. The molecule has 0 atom stereocenters. The van der Waals surface area contributed by atoms with Gasteiger partial charge in [0.25, 0.3) is 5.56 Å². The van der Waals surface area contributed by atoms with Gasteiger partial charge in [0, 0.05) is 18.5 Å². The van der Waals surface area contributed by atoms with Gasteiger partial charge in [0.15, 0.2) is 5.65 Å². The maximum atomic E-state index is 12.8. The normalized spacial score (nSPS) is 11.7. The molecule has 0 saturated heterocycles. The molecule has 0 saturated carbocycles. The number of benzene rings is 1. The Morgan fingerprint density at radius 2 is 1.86 bits per heavy atom. The zero-order valence-electron chi connectivity index (χ0n) is 12.4. The average Bonchev–Trinajstić information content (AvgIpc) is 2.93. The number of hydrogen-bond donors (Lipinski definition) is 1. The van der Waals surface area contributed by atoms with Crippen molar-refractivity contribution < 1.29 is 4.79 Å². The highest BCUT2D eigenvalue weighted by Gasteiger charge is 2.31. The Hall–Kier alpha value is -2.89. The summed E-state index contributed by atoms with van der Waals surface area (Å²) in [5, 5.41) is 0. The van der Waals surface area contributed by atoms with Gasteiger partial charge in [0.05, 0.1) is 16.7 Å². The van der Waals surface area contributed by atoms with Crippen molar-refractivity contribution in [2.75, 3.05) is 0 Å². The van der Waals surface area contributed by atoms with Crippen molar-refractivity contribution in [1.82, 2.24) is 14.2 Å². The number of amides is 1. The maximum absolute atomic E-state index is 12.8. The Balaban J connectivity index is 2.32. The van der Waals surface area contributed by atoms with Gasteiger partial charge in [-0.15, -0.1) is 0 Å². The van der Waals surface area contributed by atoms with Crippen molar-refractivity contribution in [1.29, 1.82) is 0 Å². The van der Waals surface area contributed by atoms with Crippen molar-refractivity contribution in [2.24, 2.45) is 5.73 Å². The summed E-state index contributed by atoms with van der Waals surface area (Å²) in [4.78, 5) is 28.7. The lowest BCUT2D eigenvalue weighted by Crippen LogP contribution is -2.41. The minimum atomic E-state index is -1.09. The molecule has 1 amide bonds. The molecule has 2 N–H and O–H groups in total. The van der Waals surface area contributed by atoms with Crippen LogP contribution in [0, 0.1) is 0 Å². The van der Waals surface area contributed by atoms with Gasteiger partial charge in [-0.2, -0.15) is 4.52 Å². The van der Waals surface area contributed by atoms with E-state index in [1.165, 1.54) is 10.7 Å². The summed E-state index contributed by atoms with van der Waals surface area (Å²) >= 11 is 0. The first-order valence-corrected chi connectivity index (χ1v) is 6.88. The SMILES string of the molecule is CC(C)(C(N)=O)c1cnc2ccn(-c3ccccc3)n2c1=O. The minimum absolute atomic E-state index is 0.272. The summed E-state index contributed by atoms with van der Waals surface area (Å²) in [5.41, 5.74) is 5.64. The van der Waals surface area contributed by atoms with Crippen LogP contribution in [0.3, 0.4) is 0 Å². The van der Waals surface area contributed by atoms with Crippen LogP contribution >= 0.6 is 0 Å². The summed E-state index contributed by atoms with van der Waals surface area (Å²) in [6.07, 6.45) is 3.19. The van der Waals surface area contributed by atoms with Gasteiger partial charge < -0.3 is 5.73 Å². The van der Waals surface area contributed by atoms with E-state index in [0.29, 0.717) is 5.65 Å². The van der Waals surface area contributed by atoms with E-state index in [4.69, 9.17) is 5.73 Å². The molecule has 112 valence electrons. The Bertz CT molecular complexity index is 907. The summed E-state index contributed by atoms with van der Waals surface area (Å²) in [5.74, 6) is -0.566. The van der Waals surface area contributed by atoms with Crippen LogP contribution in [-0.4, -0.2) is 20.1 Å². The largest absolute Gasteiger partial charge is 0.369 e. The Morgan fingerprint density at radius 3 is 2.50 bits per heavy atom. The molecule has 0 radical (unpaired) electrons. The van der Waals surface area contributed by atoms with E-state index in [-0.39, 0.29) is 11.1 Å². The number of nitrogens with two attached hydrogens (primary N) is 1. The number of hydrogen-bond acceptors (Lipinski definition) is 3. The minimum Gasteiger partial charge on any atom is -0.369 e. The molecule has 3 aromatic rings. The second-order valence-corrected chi connectivity index (χ2v) is 5.63. The fraction of sp³-hybridized carbons (Fsp3) is 0.188. The second kappa shape index (κ2) is 4.84. The van der Waals surface area contributed by atoms with E-state index >= 15 is 0 Å². The van der Waals surface area contributed by atoms with Gasteiger partial charge in [-0.25, -0.2) is 4.98 Å². The van der Waals surface area contributed by atoms with Crippen LogP contribution in [0.25, 0.3) is 11.3 Å². The van der Waals surface area contributed by atoms with E-state index in [0.717, 1.165) is 5.69 Å². The monoisotopic (exact) mass is 296 g/mol. The van der Waals surface area contributed by atoms with Crippen LogP contribution in [0.4, 0.5) is 0 Å². The molecule has 0 aliphatic carbocycles. The predicted octanol–water partition coefficient (Wildman–Crippen LogP) is 1.25. The smallest absolute Gasteiger partial charge is 0.277 e. The molecule has 0 spiro atoms. The van der Waals surface area contributed by atoms with Gasteiger partial charge >= 0.3 is 0 Å². The van der Waals surface area contributed by atoms with E-state index in [2.05, 4.69) is 4.98 Å². The first-order valence-electron chi connectivity index (χ1n) is 6.88. The zero-order chi connectivity index (χ0) is 15.9. The average molecular weight is 296 g/mol. The summed E-state index contributed by atoms with van der Waals surface area (Å²) < 4.78 is 3.14. The first-order chi connectivity index (χ1) is 10.4. The molecule has 0 bridgehead atoms. The van der Waals surface area contributed by atoms with E-state index < -0.39 is 11.3 Å². The van der Waals surface area contributed by atoms with Crippen molar-refractivity contribution in [3.8, 4) is 5.69 Å². The number of para-hydroxylation sites is 1. The number of carbonyl (C=O) groups excluding carboxylic acids is 1. The number of rotatable bonds is 3. The maximum Gasteiger partial charge on any atom is 0.277 e. The highest BCUT2D eigenvalue weighted by molar-refractivity contribution is 5.85. The van der Waals surface area contributed by atoms with E-state index in [1.807, 2.05) is 30.3 Å². The van der Waals surface area contributed by atoms with Crippen LogP contribution < -0.4 is 11.3 Å². The predicted molar refractivity (Wildman–Crippen MR) is 83.0 cm³/mol. The lowest BCUT2D eigenvalue weighted by Gasteiger charge is -2.20. The molecule has 0 fully saturated rings. The molecular weight excluding hydrogens is 280 g/mol. The fourth-order valence-electron chi connectivity index (χ4n) is 2.33. The highest BCUT2D eigenvalue weighted by atomic mass is 16.2. The van der Waals surface area contributed by atoms with E-state index in [1.54, 1.807) is 30.8 Å². The third-order valence-electron chi connectivity index (χ3n) is 3.86. The molecule has 22 heavy (non-hydrogen) atoms. The fourth-order valence-corrected chi connectivity index (χ4v) is 2.33. The molecule has 2 aromatic heterocycles. The van der Waals surface area contributed by atoms with Gasteiger partial charge in [-0.3, -0.25) is 14.3 Å². The van der Waals surface area contributed by atoms with Crippen LogP contribution in [0.15, 0.2) is 53.6 Å². The van der Waals surface area contributed by atoms with Crippen molar-refractivity contribution in [2.45, 2.75) is 19.3 Å². The Morgan fingerprint density at radius 1 is 1.18 bits per heavy atom. The quantitative estimate of drug-likeness (QED) is 0.789. The van der Waals surface area contributed by atoms with Crippen molar-refractivity contribution in [3.05, 3.63) is 64.7 Å². The topological polar surface area (TPSA) is 82.4 Å². The van der Waals surface area contributed by atoms with Crippen molar-refractivity contribution >= 4 is 11.6 Å². The molecule has 6 nitrogen and oxygen atoms in total. The number of aromatic nitrogens is 3. The lowest BCUT2D eigenvalue weighted by atomic mass is 9.86. The summed E-state index contributed by atoms with van der Waals surface area (Å²) in [7, 11) is 0. The summed E-state index contributed by atoms with van der Waals surface area (Å²) in [6.45, 7) is 3.24. The molecule has 1 aromatic carbocycles. The molecule has 0 aliphatic heterocycles. The lowest BCUT2D eigenvalue weighted by molar-refractivity contribution is -0.122. The van der Waals surface area contributed by atoms with Crippen LogP contribution in [0.2, 0.25) is 0 Å². The molecule has 0 aliphatic rings.